The van der Waals surface area contributed by atoms with Gasteiger partial charge in [0, 0.05) is 21.8 Å². The lowest BCUT2D eigenvalue weighted by Gasteiger charge is -2.05. The number of rotatable bonds is 2. The van der Waals surface area contributed by atoms with E-state index in [1.54, 1.807) is 18.2 Å². The zero-order valence-corrected chi connectivity index (χ0v) is 10.5. The van der Waals surface area contributed by atoms with Gasteiger partial charge in [-0.1, -0.05) is 23.2 Å². The summed E-state index contributed by atoms with van der Waals surface area (Å²) in [7, 11) is 0. The number of anilines is 1. The molecular weight excluding hydrogens is 277 g/mol. The predicted molar refractivity (Wildman–Crippen MR) is 69.4 cm³/mol. The third kappa shape index (κ3) is 3.12. The molecule has 2 rings (SSSR count). The highest BCUT2D eigenvalue weighted by Crippen LogP contribution is 2.22. The quantitative estimate of drug-likeness (QED) is 0.921. The fourth-order valence-electron chi connectivity index (χ4n) is 1.32. The third-order valence-electron chi connectivity index (χ3n) is 2.08. The molecule has 18 heavy (non-hydrogen) atoms. The molecule has 4 nitrogen and oxygen atoms in total. The number of carbonyl (C=O) groups excluding carboxylic acids is 1. The second-order valence-electron chi connectivity index (χ2n) is 3.46. The average Bonchev–Trinajstić information content (AvgIpc) is 2.28. The van der Waals surface area contributed by atoms with Gasteiger partial charge in [0.2, 0.25) is 0 Å². The van der Waals surface area contributed by atoms with Gasteiger partial charge in [-0.3, -0.25) is 4.79 Å². The number of hydrogen-bond donors (Lipinski definition) is 1. The van der Waals surface area contributed by atoms with E-state index in [9.17, 15) is 9.59 Å². The lowest BCUT2D eigenvalue weighted by molar-refractivity contribution is 0.102. The van der Waals surface area contributed by atoms with E-state index in [1.807, 2.05) is 0 Å². The van der Waals surface area contributed by atoms with Crippen LogP contribution in [0, 0.1) is 0 Å². The van der Waals surface area contributed by atoms with Gasteiger partial charge in [-0.2, -0.15) is 0 Å². The van der Waals surface area contributed by atoms with E-state index >= 15 is 0 Å². The Labute approximate surface area is 112 Å². The molecule has 0 atom stereocenters. The first-order valence-electron chi connectivity index (χ1n) is 4.91. The number of nitrogens with one attached hydrogen (secondary N) is 1. The van der Waals surface area contributed by atoms with E-state index in [2.05, 4.69) is 9.73 Å². The van der Waals surface area contributed by atoms with Crippen molar-refractivity contribution in [3.63, 3.8) is 0 Å². The molecule has 0 saturated carbocycles. The zero-order valence-electron chi connectivity index (χ0n) is 8.94. The molecule has 6 heteroatoms. The van der Waals surface area contributed by atoms with Crippen molar-refractivity contribution in [2.24, 2.45) is 0 Å². The molecular formula is C12H7Cl2NO3. The summed E-state index contributed by atoms with van der Waals surface area (Å²) in [6.07, 6.45) is 1.09. The third-order valence-corrected chi connectivity index (χ3v) is 2.52. The molecule has 0 bridgehead atoms. The van der Waals surface area contributed by atoms with Gasteiger partial charge >= 0.3 is 5.63 Å². The van der Waals surface area contributed by atoms with Gasteiger partial charge in [-0.25, -0.2) is 4.79 Å². The van der Waals surface area contributed by atoms with Crippen LogP contribution in [0.4, 0.5) is 5.69 Å². The molecule has 0 aliphatic heterocycles. The molecule has 1 N–H and O–H groups in total. The summed E-state index contributed by atoms with van der Waals surface area (Å²) in [5.41, 5.74) is 0.173. The van der Waals surface area contributed by atoms with E-state index in [1.165, 1.54) is 12.1 Å². The van der Waals surface area contributed by atoms with Gasteiger partial charge < -0.3 is 9.73 Å². The smallest absolute Gasteiger partial charge is 0.335 e. The summed E-state index contributed by atoms with van der Waals surface area (Å²) in [5.74, 6) is -0.419. The second kappa shape index (κ2) is 5.25. The van der Waals surface area contributed by atoms with Crippen LogP contribution in [-0.2, 0) is 0 Å². The first-order chi connectivity index (χ1) is 8.54. The highest BCUT2D eigenvalue weighted by molar-refractivity contribution is 6.35. The Morgan fingerprint density at radius 1 is 1.11 bits per heavy atom. The molecule has 1 amide bonds. The summed E-state index contributed by atoms with van der Waals surface area (Å²) in [6.45, 7) is 0. The number of carbonyl (C=O) groups is 1. The van der Waals surface area contributed by atoms with Crippen molar-refractivity contribution in [2.75, 3.05) is 5.32 Å². The van der Waals surface area contributed by atoms with Crippen LogP contribution in [-0.4, -0.2) is 5.91 Å². The number of halogens is 2. The summed E-state index contributed by atoms with van der Waals surface area (Å²) in [6, 6.07) is 7.21. The van der Waals surface area contributed by atoms with Crippen molar-refractivity contribution in [1.82, 2.24) is 0 Å². The van der Waals surface area contributed by atoms with Crippen LogP contribution >= 0.6 is 23.2 Å². The zero-order chi connectivity index (χ0) is 13.1. The van der Waals surface area contributed by atoms with Crippen LogP contribution in [0.25, 0.3) is 0 Å². The molecule has 0 saturated heterocycles. The largest absolute Gasteiger partial charge is 0.430 e. The van der Waals surface area contributed by atoms with Crippen molar-refractivity contribution in [1.29, 1.82) is 0 Å². The summed E-state index contributed by atoms with van der Waals surface area (Å²) < 4.78 is 4.60. The molecule has 1 aromatic heterocycles. The van der Waals surface area contributed by atoms with Crippen molar-refractivity contribution in [3.8, 4) is 0 Å². The monoisotopic (exact) mass is 283 g/mol. The van der Waals surface area contributed by atoms with E-state index in [4.69, 9.17) is 23.2 Å². The molecule has 0 aliphatic carbocycles. The van der Waals surface area contributed by atoms with Gasteiger partial charge in [-0.05, 0) is 24.3 Å². The van der Waals surface area contributed by atoms with Crippen LogP contribution in [0.5, 0.6) is 0 Å². The lowest BCUT2D eigenvalue weighted by atomic mass is 10.2. The van der Waals surface area contributed by atoms with Gasteiger partial charge in [0.05, 0.1) is 5.56 Å². The maximum atomic E-state index is 11.8. The fraction of sp³-hybridized carbons (Fsp3) is 0. The summed E-state index contributed by atoms with van der Waals surface area (Å²) in [4.78, 5) is 22.5. The molecule has 0 aliphatic rings. The lowest BCUT2D eigenvalue weighted by Crippen LogP contribution is -2.12. The Kier molecular flexibility index (Phi) is 3.69. The minimum Gasteiger partial charge on any atom is -0.430 e. The standard InChI is InChI=1S/C12H7Cl2NO3/c13-8-3-9(14)5-10(4-8)15-12(17)7-1-2-11(16)18-6-7/h1-6H,(H,15,17). The van der Waals surface area contributed by atoms with E-state index in [0.29, 0.717) is 15.7 Å². The van der Waals surface area contributed by atoms with Crippen molar-refractivity contribution in [2.45, 2.75) is 0 Å². The molecule has 1 heterocycles. The first kappa shape index (κ1) is 12.7. The maximum absolute atomic E-state index is 11.8. The second-order valence-corrected chi connectivity index (χ2v) is 4.33. The minimum absolute atomic E-state index is 0.227. The predicted octanol–water partition coefficient (Wildman–Crippen LogP) is 3.20. The van der Waals surface area contributed by atoms with Crippen LogP contribution < -0.4 is 10.9 Å². The minimum atomic E-state index is -0.516. The van der Waals surface area contributed by atoms with Crippen LogP contribution in [0.1, 0.15) is 10.4 Å². The Balaban J connectivity index is 2.21. The van der Waals surface area contributed by atoms with E-state index in [-0.39, 0.29) is 5.56 Å². The van der Waals surface area contributed by atoms with Gasteiger partial charge in [0.25, 0.3) is 5.91 Å². The van der Waals surface area contributed by atoms with Crippen molar-refractivity contribution >= 4 is 34.8 Å². The molecule has 0 spiro atoms. The Morgan fingerprint density at radius 2 is 1.78 bits per heavy atom. The SMILES string of the molecule is O=C(Nc1cc(Cl)cc(Cl)c1)c1ccc(=O)oc1. The Morgan fingerprint density at radius 3 is 2.33 bits per heavy atom. The van der Waals surface area contributed by atoms with Crippen molar-refractivity contribution in [3.05, 3.63) is 62.6 Å². The average molecular weight is 284 g/mol. The number of benzene rings is 1. The van der Waals surface area contributed by atoms with Gasteiger partial charge in [-0.15, -0.1) is 0 Å². The van der Waals surface area contributed by atoms with Crippen LogP contribution in [0.15, 0.2) is 45.8 Å². The van der Waals surface area contributed by atoms with E-state index < -0.39 is 11.5 Å². The van der Waals surface area contributed by atoms with Gasteiger partial charge in [0.1, 0.15) is 6.26 Å². The molecule has 2 aromatic rings. The van der Waals surface area contributed by atoms with Crippen LogP contribution in [0.2, 0.25) is 10.0 Å². The van der Waals surface area contributed by atoms with Gasteiger partial charge in [0.15, 0.2) is 0 Å². The normalized spacial score (nSPS) is 10.1. The first-order valence-corrected chi connectivity index (χ1v) is 5.66. The van der Waals surface area contributed by atoms with Crippen molar-refractivity contribution < 1.29 is 9.21 Å². The number of hydrogen-bond acceptors (Lipinski definition) is 3. The van der Waals surface area contributed by atoms with E-state index in [0.717, 1.165) is 6.26 Å². The molecule has 0 fully saturated rings. The topological polar surface area (TPSA) is 59.3 Å². The fourth-order valence-corrected chi connectivity index (χ4v) is 1.84. The molecule has 1 aromatic carbocycles. The number of amides is 1. The molecule has 0 unspecified atom stereocenters. The molecule has 0 radical (unpaired) electrons. The van der Waals surface area contributed by atoms with Crippen LogP contribution in [0.3, 0.4) is 0 Å². The molecule has 92 valence electrons. The summed E-state index contributed by atoms with van der Waals surface area (Å²) >= 11 is 11.6. The Bertz CT molecular complexity index is 611. The Hall–Kier alpha value is -1.78. The maximum Gasteiger partial charge on any atom is 0.335 e. The summed E-state index contributed by atoms with van der Waals surface area (Å²) in [5, 5.41) is 3.42. The highest BCUT2D eigenvalue weighted by Gasteiger charge is 2.08. The highest BCUT2D eigenvalue weighted by atomic mass is 35.5.